The lowest BCUT2D eigenvalue weighted by molar-refractivity contribution is -0.126. The van der Waals surface area contributed by atoms with Crippen molar-refractivity contribution in [2.75, 3.05) is 25.0 Å². The van der Waals surface area contributed by atoms with Crippen molar-refractivity contribution >= 4 is 17.5 Å². The van der Waals surface area contributed by atoms with Crippen LogP contribution in [0.5, 0.6) is 0 Å². The molecule has 0 aliphatic carbocycles. The van der Waals surface area contributed by atoms with E-state index in [4.69, 9.17) is 0 Å². The predicted octanol–water partition coefficient (Wildman–Crippen LogP) is 0.351. The molecule has 3 N–H and O–H groups in total. The van der Waals surface area contributed by atoms with Crippen LogP contribution >= 0.6 is 0 Å². The van der Waals surface area contributed by atoms with Crippen LogP contribution in [0.3, 0.4) is 0 Å². The zero-order valence-electron chi connectivity index (χ0n) is 10.1. The molecular weight excluding hydrogens is 230 g/mol. The van der Waals surface area contributed by atoms with E-state index in [-0.39, 0.29) is 24.3 Å². The average Bonchev–Trinajstić information content (AvgIpc) is 2.91. The molecule has 5 nitrogen and oxygen atoms in total. The molecule has 18 heavy (non-hydrogen) atoms. The Balaban J connectivity index is 1.73. The van der Waals surface area contributed by atoms with E-state index in [1.807, 2.05) is 18.2 Å². The van der Waals surface area contributed by atoms with Crippen LogP contribution in [0.15, 0.2) is 30.3 Å². The topological polar surface area (TPSA) is 70.2 Å². The summed E-state index contributed by atoms with van der Waals surface area (Å²) in [6, 6.07) is 9.18. The monoisotopic (exact) mass is 247 g/mol. The van der Waals surface area contributed by atoms with Gasteiger partial charge in [0.15, 0.2) is 0 Å². The predicted molar refractivity (Wildman–Crippen MR) is 69.1 cm³/mol. The Kier molecular flexibility index (Phi) is 4.30. The SMILES string of the molecule is O=C(CNC(=O)C1CCNC1)Nc1ccccc1. The Morgan fingerprint density at radius 1 is 1.28 bits per heavy atom. The van der Waals surface area contributed by atoms with Gasteiger partial charge in [-0.15, -0.1) is 0 Å². The van der Waals surface area contributed by atoms with Crippen LogP contribution in [0.2, 0.25) is 0 Å². The minimum Gasteiger partial charge on any atom is -0.347 e. The number of amides is 2. The van der Waals surface area contributed by atoms with Crippen molar-refractivity contribution in [2.24, 2.45) is 5.92 Å². The van der Waals surface area contributed by atoms with Gasteiger partial charge in [0, 0.05) is 12.2 Å². The molecule has 0 radical (unpaired) electrons. The molecular formula is C13H17N3O2. The van der Waals surface area contributed by atoms with Crippen molar-refractivity contribution in [3.8, 4) is 0 Å². The largest absolute Gasteiger partial charge is 0.347 e. The highest BCUT2D eigenvalue weighted by Crippen LogP contribution is 2.07. The van der Waals surface area contributed by atoms with Crippen molar-refractivity contribution < 1.29 is 9.59 Å². The molecule has 2 rings (SSSR count). The third-order valence-corrected chi connectivity index (χ3v) is 2.91. The van der Waals surface area contributed by atoms with Crippen LogP contribution in [0.1, 0.15) is 6.42 Å². The number of hydrogen-bond donors (Lipinski definition) is 3. The van der Waals surface area contributed by atoms with Crippen LogP contribution in [0, 0.1) is 5.92 Å². The summed E-state index contributed by atoms with van der Waals surface area (Å²) >= 11 is 0. The first-order valence-corrected chi connectivity index (χ1v) is 6.09. The second-order valence-electron chi connectivity index (χ2n) is 4.32. The molecule has 1 aliphatic heterocycles. The van der Waals surface area contributed by atoms with Gasteiger partial charge in [-0.1, -0.05) is 18.2 Å². The van der Waals surface area contributed by atoms with Crippen LogP contribution in [-0.4, -0.2) is 31.4 Å². The Morgan fingerprint density at radius 2 is 2.06 bits per heavy atom. The molecule has 1 aromatic rings. The summed E-state index contributed by atoms with van der Waals surface area (Å²) < 4.78 is 0. The highest BCUT2D eigenvalue weighted by molar-refractivity contribution is 5.94. The van der Waals surface area contributed by atoms with Gasteiger partial charge in [-0.05, 0) is 25.1 Å². The zero-order chi connectivity index (χ0) is 12.8. The third-order valence-electron chi connectivity index (χ3n) is 2.91. The van der Waals surface area contributed by atoms with Crippen molar-refractivity contribution in [3.05, 3.63) is 30.3 Å². The summed E-state index contributed by atoms with van der Waals surface area (Å²) in [5.41, 5.74) is 0.735. The Morgan fingerprint density at radius 3 is 2.72 bits per heavy atom. The normalized spacial score (nSPS) is 18.3. The molecule has 1 heterocycles. The Bertz CT molecular complexity index is 414. The first-order chi connectivity index (χ1) is 8.75. The van der Waals surface area contributed by atoms with Crippen molar-refractivity contribution in [1.82, 2.24) is 10.6 Å². The Hall–Kier alpha value is -1.88. The first-order valence-electron chi connectivity index (χ1n) is 6.09. The van der Waals surface area contributed by atoms with Crippen molar-refractivity contribution in [1.29, 1.82) is 0 Å². The number of nitrogens with one attached hydrogen (secondary N) is 3. The second kappa shape index (κ2) is 6.16. The average molecular weight is 247 g/mol. The molecule has 0 saturated carbocycles. The fraction of sp³-hybridized carbons (Fsp3) is 0.385. The summed E-state index contributed by atoms with van der Waals surface area (Å²) in [4.78, 5) is 23.3. The molecule has 0 aromatic heterocycles. The fourth-order valence-electron chi connectivity index (χ4n) is 1.92. The van der Waals surface area contributed by atoms with Crippen LogP contribution < -0.4 is 16.0 Å². The number of rotatable bonds is 4. The molecule has 0 bridgehead atoms. The van der Waals surface area contributed by atoms with E-state index >= 15 is 0 Å². The van der Waals surface area contributed by atoms with E-state index in [9.17, 15) is 9.59 Å². The molecule has 0 spiro atoms. The highest BCUT2D eigenvalue weighted by Gasteiger charge is 2.22. The number of carbonyl (C=O) groups excluding carboxylic acids is 2. The van der Waals surface area contributed by atoms with Crippen molar-refractivity contribution in [3.63, 3.8) is 0 Å². The van der Waals surface area contributed by atoms with Gasteiger partial charge in [-0.3, -0.25) is 9.59 Å². The second-order valence-corrected chi connectivity index (χ2v) is 4.32. The van der Waals surface area contributed by atoms with Crippen LogP contribution in [0.25, 0.3) is 0 Å². The molecule has 1 aliphatic rings. The summed E-state index contributed by atoms with van der Waals surface area (Å²) in [5, 5.41) is 8.49. The summed E-state index contributed by atoms with van der Waals surface area (Å²) in [6.07, 6.45) is 0.839. The summed E-state index contributed by atoms with van der Waals surface area (Å²) in [6.45, 7) is 1.59. The van der Waals surface area contributed by atoms with E-state index in [0.717, 1.165) is 18.7 Å². The van der Waals surface area contributed by atoms with Gasteiger partial charge in [0.05, 0.1) is 12.5 Å². The number of carbonyl (C=O) groups is 2. The van der Waals surface area contributed by atoms with Gasteiger partial charge in [-0.2, -0.15) is 0 Å². The van der Waals surface area contributed by atoms with E-state index in [2.05, 4.69) is 16.0 Å². The minimum absolute atomic E-state index is 0.00507. The van der Waals surface area contributed by atoms with Gasteiger partial charge < -0.3 is 16.0 Å². The number of benzene rings is 1. The van der Waals surface area contributed by atoms with Gasteiger partial charge in [0.2, 0.25) is 11.8 Å². The molecule has 1 unspecified atom stereocenters. The smallest absolute Gasteiger partial charge is 0.243 e. The van der Waals surface area contributed by atoms with Gasteiger partial charge in [0.1, 0.15) is 0 Å². The van der Waals surface area contributed by atoms with Crippen molar-refractivity contribution in [2.45, 2.75) is 6.42 Å². The molecule has 1 fully saturated rings. The summed E-state index contributed by atoms with van der Waals surface area (Å²) in [5.74, 6) is -0.266. The van der Waals surface area contributed by atoms with E-state index < -0.39 is 0 Å². The minimum atomic E-state index is -0.208. The lowest BCUT2D eigenvalue weighted by Crippen LogP contribution is -2.37. The molecule has 1 atom stereocenters. The molecule has 5 heteroatoms. The maximum Gasteiger partial charge on any atom is 0.243 e. The maximum absolute atomic E-state index is 11.7. The highest BCUT2D eigenvalue weighted by atomic mass is 16.2. The lowest BCUT2D eigenvalue weighted by atomic mass is 10.1. The molecule has 2 amide bonds. The first kappa shape index (κ1) is 12.6. The van der Waals surface area contributed by atoms with Crippen LogP contribution in [0.4, 0.5) is 5.69 Å². The number of hydrogen-bond acceptors (Lipinski definition) is 3. The zero-order valence-corrected chi connectivity index (χ0v) is 10.1. The third kappa shape index (κ3) is 3.56. The Labute approximate surface area is 106 Å². The van der Waals surface area contributed by atoms with E-state index in [0.29, 0.717) is 6.54 Å². The lowest BCUT2D eigenvalue weighted by Gasteiger charge is -2.10. The van der Waals surface area contributed by atoms with Gasteiger partial charge in [0.25, 0.3) is 0 Å². The van der Waals surface area contributed by atoms with Gasteiger partial charge >= 0.3 is 0 Å². The fourth-order valence-corrected chi connectivity index (χ4v) is 1.92. The molecule has 1 saturated heterocycles. The number of anilines is 1. The van der Waals surface area contributed by atoms with E-state index in [1.54, 1.807) is 12.1 Å². The standard InChI is InChI=1S/C13H17N3O2/c17-12(16-11-4-2-1-3-5-11)9-15-13(18)10-6-7-14-8-10/h1-5,10,14H,6-9H2,(H,15,18)(H,16,17). The quantitative estimate of drug-likeness (QED) is 0.719. The van der Waals surface area contributed by atoms with Crippen LogP contribution in [-0.2, 0) is 9.59 Å². The van der Waals surface area contributed by atoms with Gasteiger partial charge in [-0.25, -0.2) is 0 Å². The molecule has 1 aromatic carbocycles. The maximum atomic E-state index is 11.7. The number of para-hydroxylation sites is 1. The molecule has 96 valence electrons. The summed E-state index contributed by atoms with van der Waals surface area (Å²) in [7, 11) is 0. The van der Waals surface area contributed by atoms with E-state index in [1.165, 1.54) is 0 Å².